The maximum atomic E-state index is 10.7. The van der Waals surface area contributed by atoms with Gasteiger partial charge >= 0.3 is 29.6 Å². The summed E-state index contributed by atoms with van der Waals surface area (Å²) in [6.07, 6.45) is 1.01. The van der Waals surface area contributed by atoms with Crippen LogP contribution in [0, 0.1) is 5.92 Å². The minimum absolute atomic E-state index is 0. The summed E-state index contributed by atoms with van der Waals surface area (Å²) in [7, 11) is -4.10. The van der Waals surface area contributed by atoms with E-state index in [1.807, 2.05) is 13.8 Å². The zero-order valence-corrected chi connectivity index (χ0v) is 12.6. The first-order valence-electron chi connectivity index (χ1n) is 5.04. The predicted octanol–water partition coefficient (Wildman–Crippen LogP) is -2.53. The van der Waals surface area contributed by atoms with Crippen LogP contribution in [-0.2, 0) is 19.6 Å². The van der Waals surface area contributed by atoms with E-state index in [0.29, 0.717) is 19.4 Å². The van der Waals surface area contributed by atoms with E-state index >= 15 is 0 Å². The molecule has 0 bridgehead atoms. The maximum absolute atomic E-state index is 10.7. The van der Waals surface area contributed by atoms with Crippen molar-refractivity contribution in [2.45, 2.75) is 43.8 Å². The Morgan fingerprint density at radius 1 is 1.44 bits per heavy atom. The maximum Gasteiger partial charge on any atom is 1.00 e. The van der Waals surface area contributed by atoms with Crippen molar-refractivity contribution in [3.05, 3.63) is 0 Å². The van der Waals surface area contributed by atoms with Gasteiger partial charge < -0.3 is 14.0 Å². The fourth-order valence-corrected chi connectivity index (χ4v) is 3.10. The molecule has 1 saturated heterocycles. The van der Waals surface area contributed by atoms with Crippen molar-refractivity contribution in [2.75, 3.05) is 6.61 Å². The molecule has 1 aliphatic heterocycles. The van der Waals surface area contributed by atoms with E-state index in [9.17, 15) is 13.0 Å². The molecule has 0 aromatic heterocycles. The van der Waals surface area contributed by atoms with Crippen LogP contribution in [0.5, 0.6) is 0 Å². The smallest absolute Gasteiger partial charge is 0.748 e. The van der Waals surface area contributed by atoms with Gasteiger partial charge in [0.15, 0.2) is 5.79 Å². The molecule has 3 atom stereocenters. The summed E-state index contributed by atoms with van der Waals surface area (Å²) in [5.74, 6) is -0.610. The van der Waals surface area contributed by atoms with Gasteiger partial charge in [0.05, 0.1) is 28.1 Å². The van der Waals surface area contributed by atoms with Crippen LogP contribution in [0.1, 0.15) is 26.7 Å². The third-order valence-electron chi connectivity index (χ3n) is 2.86. The van der Waals surface area contributed by atoms with Gasteiger partial charge in [-0.1, -0.05) is 0 Å². The Morgan fingerprint density at radius 2 is 2.06 bits per heavy atom. The largest absolute Gasteiger partial charge is 1.00 e. The Kier molecular flexibility index (Phi) is 4.50. The molecule has 5 nitrogen and oxygen atoms in total. The second-order valence-corrected chi connectivity index (χ2v) is 6.30. The van der Waals surface area contributed by atoms with Crippen molar-refractivity contribution >= 4 is 10.1 Å². The van der Waals surface area contributed by atoms with Crippen molar-refractivity contribution < 1.29 is 52.0 Å². The van der Waals surface area contributed by atoms with E-state index in [1.165, 1.54) is 0 Å². The second-order valence-electron chi connectivity index (χ2n) is 4.71. The van der Waals surface area contributed by atoms with Crippen molar-refractivity contribution in [3.8, 4) is 0 Å². The third kappa shape index (κ3) is 3.66. The van der Waals surface area contributed by atoms with E-state index in [2.05, 4.69) is 0 Å². The van der Waals surface area contributed by atoms with Crippen LogP contribution >= 0.6 is 0 Å². The molecule has 7 heteroatoms. The summed E-state index contributed by atoms with van der Waals surface area (Å²) in [5, 5.41) is -0.690. The molecule has 0 aromatic rings. The Hall–Kier alpha value is 0.830. The zero-order valence-electron chi connectivity index (χ0n) is 9.80. The number of rotatable bonds is 3. The molecule has 0 spiro atoms. The Balaban J connectivity index is 0.00000128. The average Bonchev–Trinajstić information content (AvgIpc) is 2.71. The molecule has 1 heterocycles. The quantitative estimate of drug-likeness (QED) is 0.412. The summed E-state index contributed by atoms with van der Waals surface area (Å²) in [5.41, 5.74) is 0. The zero-order chi connectivity index (χ0) is 11.3. The van der Waals surface area contributed by atoms with E-state index in [1.54, 1.807) is 0 Å². The molecule has 88 valence electrons. The molecule has 0 N–H and O–H groups in total. The molecule has 1 saturated carbocycles. The fraction of sp³-hybridized carbons (Fsp3) is 1.00. The summed E-state index contributed by atoms with van der Waals surface area (Å²) in [4.78, 5) is 0. The normalized spacial score (nSPS) is 36.8. The van der Waals surface area contributed by atoms with Gasteiger partial charge in [-0.3, -0.25) is 0 Å². The molecular formula is C9H15NaO5S. The SMILES string of the molecule is CC1(C)OC[C@H](CC2CC2S(=O)(=O)[O-])O1.[Na+]. The summed E-state index contributed by atoms with van der Waals surface area (Å²) in [6.45, 7) is 4.12. The van der Waals surface area contributed by atoms with Gasteiger partial charge in [-0.25, -0.2) is 8.42 Å². The predicted molar refractivity (Wildman–Crippen MR) is 51.1 cm³/mol. The van der Waals surface area contributed by atoms with Crippen molar-refractivity contribution in [2.24, 2.45) is 5.92 Å². The molecule has 2 rings (SSSR count). The molecule has 0 radical (unpaired) electrons. The Labute approximate surface area is 118 Å². The van der Waals surface area contributed by atoms with Crippen molar-refractivity contribution in [3.63, 3.8) is 0 Å². The summed E-state index contributed by atoms with van der Waals surface area (Å²) in [6, 6.07) is 0. The topological polar surface area (TPSA) is 75.7 Å². The van der Waals surface area contributed by atoms with Gasteiger partial charge in [0.25, 0.3) is 0 Å². The molecule has 0 aromatic carbocycles. The molecule has 1 aliphatic carbocycles. The third-order valence-corrected chi connectivity index (χ3v) is 4.18. The van der Waals surface area contributed by atoms with Gasteiger partial charge in [0.2, 0.25) is 0 Å². The first kappa shape index (κ1) is 14.9. The molecule has 0 amide bonds. The van der Waals surface area contributed by atoms with E-state index in [-0.39, 0.29) is 41.6 Å². The van der Waals surface area contributed by atoms with Crippen LogP contribution in [0.15, 0.2) is 0 Å². The number of ether oxygens (including phenoxy) is 2. The van der Waals surface area contributed by atoms with E-state index < -0.39 is 21.2 Å². The first-order valence-corrected chi connectivity index (χ1v) is 6.51. The minimum Gasteiger partial charge on any atom is -0.748 e. The van der Waals surface area contributed by atoms with Crippen LogP contribution in [-0.4, -0.2) is 36.7 Å². The van der Waals surface area contributed by atoms with Gasteiger partial charge in [-0.15, -0.1) is 0 Å². The number of hydrogen-bond donors (Lipinski definition) is 0. The van der Waals surface area contributed by atoms with Crippen LogP contribution < -0.4 is 29.6 Å². The summed E-state index contributed by atoms with van der Waals surface area (Å²) >= 11 is 0. The second kappa shape index (κ2) is 4.84. The average molecular weight is 258 g/mol. The number of hydrogen-bond acceptors (Lipinski definition) is 5. The van der Waals surface area contributed by atoms with Gasteiger partial charge in [-0.2, -0.15) is 0 Å². The van der Waals surface area contributed by atoms with Crippen LogP contribution in [0.4, 0.5) is 0 Å². The van der Waals surface area contributed by atoms with Crippen molar-refractivity contribution in [1.29, 1.82) is 0 Å². The fourth-order valence-electron chi connectivity index (χ4n) is 2.04. The van der Waals surface area contributed by atoms with Crippen molar-refractivity contribution in [1.82, 2.24) is 0 Å². The Morgan fingerprint density at radius 3 is 2.44 bits per heavy atom. The monoisotopic (exact) mass is 258 g/mol. The minimum atomic E-state index is -4.10. The van der Waals surface area contributed by atoms with Crippen LogP contribution in [0.3, 0.4) is 0 Å². The van der Waals surface area contributed by atoms with Gasteiger partial charge in [0, 0.05) is 0 Å². The molecule has 2 unspecified atom stereocenters. The molecule has 2 aliphatic rings. The standard InChI is InChI=1S/C9H16O5S.Na/c1-9(2)13-5-7(14-9)3-6-4-8(6)15(10,11)12;/h6-8H,3-5H2,1-2H3,(H,10,11,12);/q;+1/p-1/t6?,7-,8?;/m0./s1. The van der Waals surface area contributed by atoms with Gasteiger partial charge in [-0.05, 0) is 32.6 Å². The van der Waals surface area contributed by atoms with Crippen LogP contribution in [0.2, 0.25) is 0 Å². The molecular weight excluding hydrogens is 243 g/mol. The van der Waals surface area contributed by atoms with Crippen LogP contribution in [0.25, 0.3) is 0 Å². The molecule has 16 heavy (non-hydrogen) atoms. The molecule has 2 fully saturated rings. The first-order chi connectivity index (χ1) is 6.78. The Bertz CT molecular complexity index is 353. The summed E-state index contributed by atoms with van der Waals surface area (Å²) < 4.78 is 42.9. The van der Waals surface area contributed by atoms with E-state index in [4.69, 9.17) is 9.47 Å². The van der Waals surface area contributed by atoms with E-state index in [0.717, 1.165) is 0 Å². The van der Waals surface area contributed by atoms with Gasteiger partial charge in [0.1, 0.15) is 0 Å².